The number of nitriles is 2. The number of β-amino-alcohol motifs (C(OH)–C–C–N with tert-alkyl or cyclic N) is 1. The fourth-order valence-electron chi connectivity index (χ4n) is 20.7. The third-order valence-corrected chi connectivity index (χ3v) is 30.2. The Kier molecular flexibility index (Phi) is 51.4. The molecule has 0 atom stereocenters. The predicted octanol–water partition coefficient (Wildman–Crippen LogP) is 25.7. The van der Waals surface area contributed by atoms with E-state index in [-0.39, 0.29) is 48.5 Å². The highest BCUT2D eigenvalue weighted by atomic mass is 19.4. The van der Waals surface area contributed by atoms with Crippen LogP contribution in [-0.4, -0.2) is 191 Å². The van der Waals surface area contributed by atoms with Crippen molar-refractivity contribution in [3.63, 3.8) is 0 Å². The molecule has 134 heavy (non-hydrogen) atoms. The molecule has 6 saturated heterocycles. The first-order chi connectivity index (χ1) is 62.4. The number of carbonyl (C=O) groups is 4. The minimum absolute atomic E-state index is 0.136. The number of nitrogens with one attached hydrogen (secondary N) is 2. The summed E-state index contributed by atoms with van der Waals surface area (Å²) in [6.07, 6.45) is 16.3. The summed E-state index contributed by atoms with van der Waals surface area (Å²) < 4.78 is 122. The topological polar surface area (TPSA) is 208 Å². The highest BCUT2D eigenvalue weighted by Gasteiger charge is 2.71. The fourth-order valence-corrected chi connectivity index (χ4v) is 20.7. The first kappa shape index (κ1) is 121. The molecule has 3 N–H and O–H groups in total. The molecule has 0 bridgehead atoms. The minimum Gasteiger partial charge on any atom is -0.444 e. The van der Waals surface area contributed by atoms with Crippen LogP contribution in [0.3, 0.4) is 0 Å². The van der Waals surface area contributed by atoms with Gasteiger partial charge in [-0.15, -0.1) is 0 Å². The number of alkyl halides is 9. The van der Waals surface area contributed by atoms with E-state index in [1.807, 2.05) is 102 Å². The lowest BCUT2D eigenvalue weighted by molar-refractivity contribution is -0.371. The number of amides is 4. The Labute approximate surface area is 805 Å². The van der Waals surface area contributed by atoms with Crippen molar-refractivity contribution in [2.75, 3.05) is 91.8 Å². The number of morpholine rings is 1. The van der Waals surface area contributed by atoms with Gasteiger partial charge in [0.25, 0.3) is 5.60 Å². The first-order valence-corrected chi connectivity index (χ1v) is 51.8. The largest absolute Gasteiger partial charge is 0.444 e. The van der Waals surface area contributed by atoms with Crippen LogP contribution < -0.4 is 10.6 Å². The molecule has 1 aromatic carbocycles. The smallest absolute Gasteiger partial charge is 0.427 e. The summed E-state index contributed by atoms with van der Waals surface area (Å²) in [5.74, 6) is 11.6. The number of aliphatic hydroxyl groups is 1. The molecule has 770 valence electrons. The molecule has 10 fully saturated rings. The van der Waals surface area contributed by atoms with Crippen molar-refractivity contribution in [3.8, 4) is 12.1 Å². The van der Waals surface area contributed by atoms with Crippen molar-refractivity contribution >= 4 is 23.8 Å². The number of halogens is 9. The normalized spacial score (nSPS) is 24.3. The van der Waals surface area contributed by atoms with E-state index in [1.165, 1.54) is 113 Å². The van der Waals surface area contributed by atoms with Gasteiger partial charge in [-0.2, -0.15) is 50.0 Å². The molecule has 4 saturated carbocycles. The number of benzene rings is 1. The average Bonchev–Trinajstić information content (AvgIpc) is 0.944. The maximum atomic E-state index is 12.6. The van der Waals surface area contributed by atoms with E-state index < -0.39 is 42.8 Å². The van der Waals surface area contributed by atoms with E-state index >= 15 is 0 Å². The van der Waals surface area contributed by atoms with Crippen LogP contribution in [0.1, 0.15) is 355 Å². The van der Waals surface area contributed by atoms with Gasteiger partial charge in [0.1, 0.15) is 11.7 Å². The van der Waals surface area contributed by atoms with Crippen LogP contribution in [0.4, 0.5) is 44.3 Å². The minimum atomic E-state index is -5.74. The number of pyridine rings is 1. The molecular weight excluding hydrogens is 1720 g/mol. The zero-order valence-corrected chi connectivity index (χ0v) is 87.4. The van der Waals surface area contributed by atoms with Crippen LogP contribution in [0.2, 0.25) is 0 Å². The molecular formula is C108H183F9N10O7. The SMILES string of the molecule is CC.CC(C)(C)C1CCC2(CCC(=O)N2)CC1.CC(C)(C)OC(=O)N1CCC(C(C)(C)C)CC1.CC(C)C1CCC(Cc2ccc(C#N)cn2)CC1.CC(C)C1CCN(CC(F)(F)F)CC1.CC(C)C1CCN(CC(O)(C(F)(F)F)C(F)(F)F)CC1.CC(C)C1CCN(Cc2cccc(C#N)c2)CC1.CC(C)NC(=O)C1CCC(C(C)C)CC1.CC1CCC(C(=O)N2CCOCC2)CC1. The van der Waals surface area contributed by atoms with E-state index in [9.17, 15) is 58.7 Å². The molecule has 0 radical (unpaired) electrons. The number of hydrogen-bond donors (Lipinski definition) is 3. The lowest BCUT2D eigenvalue weighted by Crippen LogP contribution is -2.63. The maximum absolute atomic E-state index is 12.6. The molecule has 2 aromatic rings. The summed E-state index contributed by atoms with van der Waals surface area (Å²) in [4.78, 5) is 60.3. The molecule has 10 aliphatic rings. The number of nitrogens with zero attached hydrogens (tertiary/aromatic N) is 8. The quantitative estimate of drug-likeness (QED) is 0.142. The summed E-state index contributed by atoms with van der Waals surface area (Å²) in [5, 5.41) is 33.0. The molecule has 7 heterocycles. The van der Waals surface area contributed by atoms with Gasteiger partial charge in [-0.25, -0.2) is 4.79 Å². The van der Waals surface area contributed by atoms with Crippen molar-refractivity contribution in [2.24, 2.45) is 106 Å². The van der Waals surface area contributed by atoms with Crippen molar-refractivity contribution < 1.29 is 73.3 Å². The van der Waals surface area contributed by atoms with Crippen LogP contribution in [-0.2, 0) is 36.8 Å². The van der Waals surface area contributed by atoms with Crippen LogP contribution in [0, 0.1) is 128 Å². The summed E-state index contributed by atoms with van der Waals surface area (Å²) in [6.45, 7) is 59.4. The average molecular weight is 1900 g/mol. The van der Waals surface area contributed by atoms with E-state index in [1.54, 1.807) is 6.20 Å². The molecule has 1 spiro atoms. The molecule has 26 heteroatoms. The van der Waals surface area contributed by atoms with Crippen molar-refractivity contribution in [1.29, 1.82) is 10.5 Å². The third kappa shape index (κ3) is 43.9. The van der Waals surface area contributed by atoms with Crippen LogP contribution in [0.25, 0.3) is 0 Å². The second-order valence-corrected chi connectivity index (χ2v) is 45.7. The maximum Gasteiger partial charge on any atom is 0.427 e. The molecule has 12 rings (SSSR count). The Hall–Kier alpha value is -5.80. The number of aromatic nitrogens is 1. The van der Waals surface area contributed by atoms with Crippen LogP contribution in [0.15, 0.2) is 42.6 Å². The van der Waals surface area contributed by atoms with Crippen LogP contribution >= 0.6 is 0 Å². The summed E-state index contributed by atoms with van der Waals surface area (Å²) >= 11 is 0. The number of carbonyl (C=O) groups excluding carboxylic acids is 4. The Bertz CT molecular complexity index is 3680. The van der Waals surface area contributed by atoms with Gasteiger partial charge in [0.2, 0.25) is 17.7 Å². The molecule has 6 aliphatic heterocycles. The Morgan fingerprint density at radius 1 is 0.522 bits per heavy atom. The van der Waals surface area contributed by atoms with Gasteiger partial charge >= 0.3 is 24.6 Å². The van der Waals surface area contributed by atoms with Gasteiger partial charge in [0.05, 0.1) is 37.0 Å². The van der Waals surface area contributed by atoms with Crippen molar-refractivity contribution in [2.45, 2.75) is 387 Å². The summed E-state index contributed by atoms with van der Waals surface area (Å²) in [6, 6.07) is 16.5. The van der Waals surface area contributed by atoms with E-state index in [0.717, 1.165) is 186 Å². The Balaban J connectivity index is 0.000000320. The van der Waals surface area contributed by atoms with Gasteiger partial charge in [-0.1, -0.05) is 144 Å². The van der Waals surface area contributed by atoms with E-state index in [0.29, 0.717) is 83.7 Å². The number of piperidine rings is 4. The van der Waals surface area contributed by atoms with Gasteiger partial charge in [0, 0.05) is 81.0 Å². The second-order valence-electron chi connectivity index (χ2n) is 45.7. The molecule has 4 amide bonds. The van der Waals surface area contributed by atoms with E-state index in [2.05, 4.69) is 143 Å². The van der Waals surface area contributed by atoms with Gasteiger partial charge < -0.3 is 35.0 Å². The van der Waals surface area contributed by atoms with Gasteiger partial charge in [-0.05, 0) is 364 Å². The number of likely N-dealkylation sites (tertiary alicyclic amines) is 4. The summed E-state index contributed by atoms with van der Waals surface area (Å²) in [5.41, 5.74) is -0.253. The fraction of sp³-hybridized carbons (Fsp3) is 0.843. The highest BCUT2D eigenvalue weighted by Crippen LogP contribution is 2.47. The van der Waals surface area contributed by atoms with E-state index in [4.69, 9.17) is 25.1 Å². The molecule has 0 unspecified atom stereocenters. The number of rotatable bonds is 15. The van der Waals surface area contributed by atoms with Crippen molar-refractivity contribution in [1.82, 2.24) is 40.1 Å². The van der Waals surface area contributed by atoms with Crippen molar-refractivity contribution in [3.05, 3.63) is 65.0 Å². The Morgan fingerprint density at radius 3 is 1.34 bits per heavy atom. The summed E-state index contributed by atoms with van der Waals surface area (Å²) in [7, 11) is 0. The zero-order valence-electron chi connectivity index (χ0n) is 87.4. The van der Waals surface area contributed by atoms with Crippen LogP contribution in [0.5, 0.6) is 0 Å². The lowest BCUT2D eigenvalue weighted by atomic mass is 9.67. The molecule has 1 aromatic heterocycles. The highest BCUT2D eigenvalue weighted by molar-refractivity contribution is 5.80. The predicted molar refractivity (Wildman–Crippen MR) is 523 cm³/mol. The molecule has 4 aliphatic carbocycles. The molecule has 17 nitrogen and oxygen atoms in total. The monoisotopic (exact) mass is 1900 g/mol. The zero-order chi connectivity index (χ0) is 101. The second kappa shape index (κ2) is 57.2. The first-order valence-electron chi connectivity index (χ1n) is 51.8. The Morgan fingerprint density at radius 2 is 0.948 bits per heavy atom. The lowest BCUT2D eigenvalue weighted by Gasteiger charge is -2.42. The van der Waals surface area contributed by atoms with Gasteiger partial charge in [-0.3, -0.25) is 34.1 Å². The number of ether oxygens (including phenoxy) is 2. The third-order valence-electron chi connectivity index (χ3n) is 30.2. The standard InChI is InChI=1S/2C16H22N2.C14H27NO2.C13H23NO.C13H25NO.C12H19F6NO.C12H21NO2.C10H18F3N.C2H6/c1-12(2)15-6-3-13(4-7-15)9-16-8-5-14(10-17)11-18-16;1-13(2)16-6-8-18(9-7-16)12-15-5-3-4-14(10-15)11-17;1-13(2,3)11-7-9-15(10-8-11)12(16)17-14(4,5)6;1-12(2,3)10-4-7-13(8-5-10)9-6-11(15)14-13;1-9(2)11-5-7-12(8-6-11)13(15)14-10(3)4;1-8(2)9-3-5-19(6-4-9)7-10(20,11(13,14)15)12(16,17)18;1-10-2-4-11(5-3-10)12(14)13-6-8-15-9-7-13;1-8(2)9-3-5-14(6-4-9)7-10(11,12)13;1-2/h5,8,11-13,15H,3-4,6-7,9H2,1-2H3;3-5,10,13,16H,6-9,12H2,1-2H3;11H,7-10H2,1-6H3;10H,4-9H2,1-3H3,(H,14,15);9-12H,5-8H2,1-4H3,(H,14,15);8-9,20H,3-7H2,1-2H3;10-11H,2-9H2,1H3;8-9H,3-7H2,1-2H3;1-2H3. The van der Waals surface area contributed by atoms with Gasteiger partial charge in [0.15, 0.2) is 0 Å². The number of hydrogen-bond acceptors (Lipinski definition) is 13.